The Kier molecular flexibility index (Phi) is 2.95. The molecule has 3 heteroatoms. The van der Waals surface area contributed by atoms with Crippen LogP contribution in [0.3, 0.4) is 0 Å². The molecule has 1 aliphatic rings. The number of amides is 1. The number of fused-ring (bicyclic) bond motifs is 1. The first-order chi connectivity index (χ1) is 9.31. The summed E-state index contributed by atoms with van der Waals surface area (Å²) in [5, 5.41) is 0. The summed E-state index contributed by atoms with van der Waals surface area (Å²) in [7, 11) is 1.42. The number of carbonyl (C=O) groups excluding carboxylic acids is 1. The average molecular weight is 253 g/mol. The molecule has 0 fully saturated rings. The largest absolute Gasteiger partial charge is 0.453 e. The molecule has 0 aromatic heterocycles. The van der Waals surface area contributed by atoms with E-state index in [1.54, 1.807) is 4.90 Å². The molecule has 0 saturated heterocycles. The number of methoxy groups -OCH3 is 1. The molecule has 0 radical (unpaired) electrons. The zero-order chi connectivity index (χ0) is 13.2. The SMILES string of the molecule is COC(=O)N1Cc2ccccc2C1c1ccccc1. The standard InChI is InChI=1S/C16H15NO2/c1-19-16(18)17-11-13-9-5-6-10-14(13)15(17)12-7-3-2-4-8-12/h2-10,15H,11H2,1H3. The Morgan fingerprint density at radius 3 is 2.53 bits per heavy atom. The van der Waals surface area contributed by atoms with E-state index in [0.29, 0.717) is 6.54 Å². The van der Waals surface area contributed by atoms with Crippen molar-refractivity contribution >= 4 is 6.09 Å². The molecule has 1 unspecified atom stereocenters. The predicted molar refractivity (Wildman–Crippen MR) is 72.7 cm³/mol. The fraction of sp³-hybridized carbons (Fsp3) is 0.188. The van der Waals surface area contributed by atoms with Crippen molar-refractivity contribution in [1.82, 2.24) is 4.90 Å². The molecule has 3 nitrogen and oxygen atoms in total. The lowest BCUT2D eigenvalue weighted by Gasteiger charge is -2.24. The molecule has 1 heterocycles. The molecule has 3 rings (SSSR count). The minimum Gasteiger partial charge on any atom is -0.453 e. The molecule has 0 saturated carbocycles. The van der Waals surface area contributed by atoms with Gasteiger partial charge in [0.15, 0.2) is 0 Å². The van der Waals surface area contributed by atoms with Gasteiger partial charge in [0.1, 0.15) is 0 Å². The van der Waals surface area contributed by atoms with Crippen molar-refractivity contribution in [3.63, 3.8) is 0 Å². The molecular formula is C16H15NO2. The Balaban J connectivity index is 2.08. The molecule has 0 aliphatic carbocycles. The highest BCUT2D eigenvalue weighted by atomic mass is 16.5. The zero-order valence-corrected chi connectivity index (χ0v) is 10.7. The quantitative estimate of drug-likeness (QED) is 0.780. The van der Waals surface area contributed by atoms with Crippen molar-refractivity contribution < 1.29 is 9.53 Å². The van der Waals surface area contributed by atoms with Crippen LogP contribution in [0.25, 0.3) is 0 Å². The predicted octanol–water partition coefficient (Wildman–Crippen LogP) is 3.36. The van der Waals surface area contributed by atoms with Crippen molar-refractivity contribution in [2.24, 2.45) is 0 Å². The lowest BCUT2D eigenvalue weighted by atomic mass is 9.98. The lowest BCUT2D eigenvalue weighted by molar-refractivity contribution is 0.115. The van der Waals surface area contributed by atoms with Crippen LogP contribution >= 0.6 is 0 Å². The van der Waals surface area contributed by atoms with E-state index in [2.05, 4.69) is 12.1 Å². The fourth-order valence-electron chi connectivity index (χ4n) is 2.67. The van der Waals surface area contributed by atoms with E-state index in [0.717, 1.165) is 5.56 Å². The number of hydrogen-bond acceptors (Lipinski definition) is 2. The van der Waals surface area contributed by atoms with Gasteiger partial charge in [-0.05, 0) is 16.7 Å². The molecule has 1 aliphatic heterocycles. The highest BCUT2D eigenvalue weighted by Crippen LogP contribution is 2.38. The highest BCUT2D eigenvalue weighted by molar-refractivity contribution is 5.70. The Bertz CT molecular complexity index is 595. The molecule has 0 N–H and O–H groups in total. The molecule has 1 amide bonds. The van der Waals surface area contributed by atoms with E-state index in [1.165, 1.54) is 18.2 Å². The summed E-state index contributed by atoms with van der Waals surface area (Å²) < 4.78 is 4.90. The van der Waals surface area contributed by atoms with Gasteiger partial charge in [-0.25, -0.2) is 4.79 Å². The van der Waals surface area contributed by atoms with E-state index in [1.807, 2.05) is 42.5 Å². The maximum Gasteiger partial charge on any atom is 0.410 e. The number of benzene rings is 2. The molecule has 1 atom stereocenters. The van der Waals surface area contributed by atoms with Gasteiger partial charge in [0.25, 0.3) is 0 Å². The van der Waals surface area contributed by atoms with Crippen molar-refractivity contribution in [2.75, 3.05) is 7.11 Å². The number of ether oxygens (including phenoxy) is 1. The third kappa shape index (κ3) is 1.97. The summed E-state index contributed by atoms with van der Waals surface area (Å²) >= 11 is 0. The molecule has 2 aromatic carbocycles. The van der Waals surface area contributed by atoms with Crippen LogP contribution in [0, 0.1) is 0 Å². The summed E-state index contributed by atoms with van der Waals surface area (Å²) in [5.74, 6) is 0. The van der Waals surface area contributed by atoms with Gasteiger partial charge in [0.05, 0.1) is 19.7 Å². The smallest absolute Gasteiger partial charge is 0.410 e. The van der Waals surface area contributed by atoms with Crippen molar-refractivity contribution in [2.45, 2.75) is 12.6 Å². The summed E-state index contributed by atoms with van der Waals surface area (Å²) in [6, 6.07) is 18.2. The van der Waals surface area contributed by atoms with Gasteiger partial charge >= 0.3 is 6.09 Å². The van der Waals surface area contributed by atoms with E-state index in [4.69, 9.17) is 4.74 Å². The molecule has 0 spiro atoms. The van der Waals surface area contributed by atoms with Crippen LogP contribution in [0.4, 0.5) is 4.79 Å². The first kappa shape index (κ1) is 11.8. The zero-order valence-electron chi connectivity index (χ0n) is 10.7. The van der Waals surface area contributed by atoms with Gasteiger partial charge in [0.2, 0.25) is 0 Å². The van der Waals surface area contributed by atoms with Crippen LogP contribution in [-0.2, 0) is 11.3 Å². The summed E-state index contributed by atoms with van der Waals surface area (Å²) in [5.41, 5.74) is 3.47. The molecule has 2 aromatic rings. The Morgan fingerprint density at radius 2 is 1.79 bits per heavy atom. The van der Waals surface area contributed by atoms with Gasteiger partial charge in [0, 0.05) is 0 Å². The van der Waals surface area contributed by atoms with Crippen LogP contribution < -0.4 is 0 Å². The summed E-state index contributed by atoms with van der Waals surface area (Å²) in [6.45, 7) is 0.600. The van der Waals surface area contributed by atoms with E-state index in [9.17, 15) is 4.79 Å². The van der Waals surface area contributed by atoms with Gasteiger partial charge < -0.3 is 4.74 Å². The molecule has 96 valence electrons. The van der Waals surface area contributed by atoms with Crippen molar-refractivity contribution in [3.05, 3.63) is 71.3 Å². The molecular weight excluding hydrogens is 238 g/mol. The molecule has 0 bridgehead atoms. The number of nitrogens with zero attached hydrogens (tertiary/aromatic N) is 1. The maximum atomic E-state index is 12.0. The van der Waals surface area contributed by atoms with Crippen molar-refractivity contribution in [1.29, 1.82) is 0 Å². The third-order valence-corrected chi connectivity index (χ3v) is 3.53. The van der Waals surface area contributed by atoms with Gasteiger partial charge in [-0.1, -0.05) is 54.6 Å². The van der Waals surface area contributed by atoms with E-state index >= 15 is 0 Å². The molecule has 19 heavy (non-hydrogen) atoms. The summed E-state index contributed by atoms with van der Waals surface area (Å²) in [6.07, 6.45) is -0.287. The van der Waals surface area contributed by atoms with E-state index in [-0.39, 0.29) is 12.1 Å². The fourth-order valence-corrected chi connectivity index (χ4v) is 2.67. The topological polar surface area (TPSA) is 29.5 Å². The van der Waals surface area contributed by atoms with Gasteiger partial charge in [-0.2, -0.15) is 0 Å². The third-order valence-electron chi connectivity index (χ3n) is 3.53. The number of carbonyl (C=O) groups is 1. The van der Waals surface area contributed by atoms with Crippen LogP contribution in [0.1, 0.15) is 22.7 Å². The van der Waals surface area contributed by atoms with Gasteiger partial charge in [-0.3, -0.25) is 4.90 Å². The first-order valence-electron chi connectivity index (χ1n) is 6.28. The minimum atomic E-state index is -0.287. The second kappa shape index (κ2) is 4.76. The second-order valence-corrected chi connectivity index (χ2v) is 4.61. The van der Waals surface area contributed by atoms with Crippen molar-refractivity contribution in [3.8, 4) is 0 Å². The monoisotopic (exact) mass is 253 g/mol. The minimum absolute atomic E-state index is 0.0511. The highest BCUT2D eigenvalue weighted by Gasteiger charge is 2.34. The Hall–Kier alpha value is -2.29. The Morgan fingerprint density at radius 1 is 1.11 bits per heavy atom. The van der Waals surface area contributed by atoms with Gasteiger partial charge in [-0.15, -0.1) is 0 Å². The van der Waals surface area contributed by atoms with Crippen LogP contribution in [0.15, 0.2) is 54.6 Å². The lowest BCUT2D eigenvalue weighted by Crippen LogP contribution is -2.29. The van der Waals surface area contributed by atoms with E-state index < -0.39 is 0 Å². The Labute approximate surface area is 112 Å². The maximum absolute atomic E-state index is 12.0. The van der Waals surface area contributed by atoms with Crippen LogP contribution in [-0.4, -0.2) is 18.1 Å². The average Bonchev–Trinajstić information content (AvgIpc) is 2.86. The van der Waals surface area contributed by atoms with Crippen LogP contribution in [0.5, 0.6) is 0 Å². The normalized spacial score (nSPS) is 17.1. The number of rotatable bonds is 1. The first-order valence-corrected chi connectivity index (χ1v) is 6.28. The van der Waals surface area contributed by atoms with Crippen LogP contribution in [0.2, 0.25) is 0 Å². The second-order valence-electron chi connectivity index (χ2n) is 4.61. The number of hydrogen-bond donors (Lipinski definition) is 0. The summed E-state index contributed by atoms with van der Waals surface area (Å²) in [4.78, 5) is 13.7.